The molecule has 1 heterocycles. The maximum Gasteiger partial charge on any atom is 0.313 e. The molecule has 0 spiro atoms. The van der Waals surface area contributed by atoms with Gasteiger partial charge in [0, 0.05) is 23.6 Å². The van der Waals surface area contributed by atoms with Crippen LogP contribution in [0.3, 0.4) is 0 Å². The molecule has 5 nitrogen and oxygen atoms in total. The molecule has 0 bridgehead atoms. The van der Waals surface area contributed by atoms with E-state index in [0.717, 1.165) is 23.9 Å². The van der Waals surface area contributed by atoms with Crippen molar-refractivity contribution in [2.45, 2.75) is 12.2 Å². The lowest BCUT2D eigenvalue weighted by Crippen LogP contribution is -2.14. The summed E-state index contributed by atoms with van der Waals surface area (Å²) in [5, 5.41) is 1.06. The van der Waals surface area contributed by atoms with E-state index in [9.17, 15) is 8.42 Å². The first-order valence-corrected chi connectivity index (χ1v) is 9.71. The van der Waals surface area contributed by atoms with Gasteiger partial charge in [-0.1, -0.05) is 24.3 Å². The Bertz CT molecular complexity index is 947. The summed E-state index contributed by atoms with van der Waals surface area (Å²) in [6.07, 6.45) is 2.90. The zero-order valence-corrected chi connectivity index (χ0v) is 15.2. The summed E-state index contributed by atoms with van der Waals surface area (Å²) >= 11 is 0. The molecule has 6 heteroatoms. The molecule has 1 N–H and O–H groups in total. The predicted molar refractivity (Wildman–Crippen MR) is 100 cm³/mol. The van der Waals surface area contributed by atoms with Gasteiger partial charge in [-0.3, -0.25) is 0 Å². The lowest BCUT2D eigenvalue weighted by atomic mass is 10.1. The fraction of sp³-hybridized carbons (Fsp3) is 0.263. The third-order valence-electron chi connectivity index (χ3n) is 3.97. The monoisotopic (exact) mass is 358 g/mol. The highest BCUT2D eigenvalue weighted by Gasteiger charge is 2.15. The van der Waals surface area contributed by atoms with Crippen LogP contribution in [0.5, 0.6) is 5.75 Å². The molecule has 0 fully saturated rings. The number of H-pyrrole nitrogens is 1. The van der Waals surface area contributed by atoms with Gasteiger partial charge in [0.05, 0.1) is 0 Å². The van der Waals surface area contributed by atoms with Crippen LogP contribution in [-0.2, 0) is 22.3 Å². The molecule has 3 aromatic rings. The largest absolute Gasteiger partial charge is 0.382 e. The minimum atomic E-state index is -3.70. The lowest BCUT2D eigenvalue weighted by Gasteiger charge is -2.09. The van der Waals surface area contributed by atoms with Crippen LogP contribution in [0.4, 0.5) is 0 Å². The SMILES string of the molecule is CN(C)CCc1c[nH]c2ccc(CS(=O)(=O)Oc3ccccc3)cc12. The third-order valence-corrected chi connectivity index (χ3v) is 5.10. The average Bonchev–Trinajstić information content (AvgIpc) is 2.95. The number of nitrogens with zero attached hydrogens (tertiary/aromatic N) is 1. The number of aromatic amines is 1. The van der Waals surface area contributed by atoms with Gasteiger partial charge >= 0.3 is 10.1 Å². The molecule has 3 rings (SSSR count). The van der Waals surface area contributed by atoms with E-state index in [4.69, 9.17) is 4.18 Å². The molecule has 0 unspecified atom stereocenters. The van der Waals surface area contributed by atoms with Crippen molar-refractivity contribution in [1.82, 2.24) is 9.88 Å². The van der Waals surface area contributed by atoms with E-state index in [-0.39, 0.29) is 5.75 Å². The summed E-state index contributed by atoms with van der Waals surface area (Å²) < 4.78 is 29.8. The predicted octanol–water partition coefficient (Wildman–Crippen LogP) is 3.18. The molecule has 25 heavy (non-hydrogen) atoms. The molecule has 0 saturated carbocycles. The zero-order valence-electron chi connectivity index (χ0n) is 14.4. The Kier molecular flexibility index (Phi) is 5.11. The van der Waals surface area contributed by atoms with Gasteiger partial charge in [0.1, 0.15) is 11.5 Å². The Balaban J connectivity index is 1.80. The Morgan fingerprint density at radius 1 is 1.08 bits per heavy atom. The van der Waals surface area contributed by atoms with Crippen molar-refractivity contribution in [1.29, 1.82) is 0 Å². The van der Waals surface area contributed by atoms with Crippen LogP contribution in [0.1, 0.15) is 11.1 Å². The molecule has 0 aliphatic rings. The van der Waals surface area contributed by atoms with E-state index in [0.29, 0.717) is 11.3 Å². The standard InChI is InChI=1S/C19H22N2O3S/c1-21(2)11-10-16-13-20-19-9-8-15(12-18(16)19)14-25(22,23)24-17-6-4-3-5-7-17/h3-9,12-13,20H,10-11,14H2,1-2H3. The molecular formula is C19H22N2O3S. The van der Waals surface area contributed by atoms with E-state index >= 15 is 0 Å². The molecule has 1 aromatic heterocycles. The van der Waals surface area contributed by atoms with Gasteiger partial charge in [-0.25, -0.2) is 0 Å². The summed E-state index contributed by atoms with van der Waals surface area (Å²) in [6, 6.07) is 14.2. The number of fused-ring (bicyclic) bond motifs is 1. The summed E-state index contributed by atoms with van der Waals surface area (Å²) in [5.41, 5.74) is 2.92. The quantitative estimate of drug-likeness (QED) is 0.659. The van der Waals surface area contributed by atoms with Gasteiger partial charge < -0.3 is 14.1 Å². The first-order valence-electron chi connectivity index (χ1n) is 8.14. The molecule has 0 radical (unpaired) electrons. The van der Waals surface area contributed by atoms with Gasteiger partial charge in [0.25, 0.3) is 0 Å². The van der Waals surface area contributed by atoms with E-state index in [1.807, 2.05) is 44.6 Å². The normalized spacial score (nSPS) is 12.0. The number of para-hydroxylation sites is 1. The summed E-state index contributed by atoms with van der Waals surface area (Å²) in [5.74, 6) is 0.174. The third kappa shape index (κ3) is 4.61. The smallest absolute Gasteiger partial charge is 0.313 e. The van der Waals surface area contributed by atoms with Crippen LogP contribution in [0.2, 0.25) is 0 Å². The highest BCUT2D eigenvalue weighted by atomic mass is 32.2. The highest BCUT2D eigenvalue weighted by Crippen LogP contribution is 2.22. The Morgan fingerprint density at radius 2 is 1.84 bits per heavy atom. The second kappa shape index (κ2) is 7.29. The molecule has 0 saturated heterocycles. The summed E-state index contributed by atoms with van der Waals surface area (Å²) in [7, 11) is 0.375. The molecule has 2 aromatic carbocycles. The lowest BCUT2D eigenvalue weighted by molar-refractivity contribution is 0.414. The number of hydrogen-bond donors (Lipinski definition) is 1. The van der Waals surface area contributed by atoms with Crippen LogP contribution >= 0.6 is 0 Å². The maximum atomic E-state index is 12.3. The minimum absolute atomic E-state index is 0.157. The van der Waals surface area contributed by atoms with Crippen molar-refractivity contribution in [3.05, 3.63) is 65.9 Å². The summed E-state index contributed by atoms with van der Waals surface area (Å²) in [6.45, 7) is 0.937. The van der Waals surface area contributed by atoms with Crippen molar-refractivity contribution >= 4 is 21.0 Å². The zero-order chi connectivity index (χ0) is 17.9. The number of rotatable bonds is 7. The fourth-order valence-corrected chi connectivity index (χ4v) is 3.77. The minimum Gasteiger partial charge on any atom is -0.382 e. The summed E-state index contributed by atoms with van der Waals surface area (Å²) in [4.78, 5) is 5.37. The van der Waals surface area contributed by atoms with Gasteiger partial charge in [-0.2, -0.15) is 8.42 Å². The first kappa shape index (κ1) is 17.5. The van der Waals surface area contributed by atoms with E-state index in [2.05, 4.69) is 9.88 Å². The molecular weight excluding hydrogens is 336 g/mol. The number of aromatic nitrogens is 1. The number of benzene rings is 2. The second-order valence-corrected chi connectivity index (χ2v) is 7.92. The highest BCUT2D eigenvalue weighted by molar-refractivity contribution is 7.86. The van der Waals surface area contributed by atoms with Crippen molar-refractivity contribution in [3.8, 4) is 5.75 Å². The molecule has 0 aliphatic heterocycles. The maximum absolute atomic E-state index is 12.3. The Morgan fingerprint density at radius 3 is 2.56 bits per heavy atom. The Labute approximate surface area is 148 Å². The van der Waals surface area contributed by atoms with Crippen LogP contribution < -0.4 is 4.18 Å². The van der Waals surface area contributed by atoms with Crippen molar-refractivity contribution in [2.24, 2.45) is 0 Å². The van der Waals surface area contributed by atoms with Gasteiger partial charge in [-0.05, 0) is 55.9 Å². The molecule has 0 atom stereocenters. The van der Waals surface area contributed by atoms with E-state index in [1.165, 1.54) is 5.56 Å². The van der Waals surface area contributed by atoms with Crippen molar-refractivity contribution in [3.63, 3.8) is 0 Å². The second-order valence-electron chi connectivity index (χ2n) is 6.35. The number of nitrogens with one attached hydrogen (secondary N) is 1. The van der Waals surface area contributed by atoms with Crippen LogP contribution in [0, 0.1) is 0 Å². The van der Waals surface area contributed by atoms with Gasteiger partial charge in [0.15, 0.2) is 0 Å². The fourth-order valence-electron chi connectivity index (χ4n) is 2.72. The topological polar surface area (TPSA) is 62.4 Å². The molecule has 0 aliphatic carbocycles. The number of hydrogen-bond acceptors (Lipinski definition) is 4. The number of likely N-dealkylation sites (N-methyl/N-ethyl adjacent to an activating group) is 1. The van der Waals surface area contributed by atoms with Crippen LogP contribution in [0.25, 0.3) is 10.9 Å². The van der Waals surface area contributed by atoms with E-state index < -0.39 is 10.1 Å². The van der Waals surface area contributed by atoms with Gasteiger partial charge in [0.2, 0.25) is 0 Å². The van der Waals surface area contributed by atoms with Crippen LogP contribution in [-0.4, -0.2) is 38.9 Å². The van der Waals surface area contributed by atoms with Crippen molar-refractivity contribution < 1.29 is 12.6 Å². The molecule has 132 valence electrons. The van der Waals surface area contributed by atoms with Gasteiger partial charge in [-0.15, -0.1) is 0 Å². The van der Waals surface area contributed by atoms with Crippen LogP contribution in [0.15, 0.2) is 54.7 Å². The Hall–Kier alpha value is -2.31. The average molecular weight is 358 g/mol. The van der Waals surface area contributed by atoms with Crippen molar-refractivity contribution in [2.75, 3.05) is 20.6 Å². The molecule has 0 amide bonds. The van der Waals surface area contributed by atoms with E-state index in [1.54, 1.807) is 24.3 Å². The first-order chi connectivity index (χ1) is 11.9.